The van der Waals surface area contributed by atoms with E-state index >= 15 is 0 Å². The first-order valence-corrected chi connectivity index (χ1v) is 8.63. The molecule has 0 spiro atoms. The Morgan fingerprint density at radius 1 is 1.16 bits per heavy atom. The summed E-state index contributed by atoms with van der Waals surface area (Å²) in [4.78, 5) is 22.2. The van der Waals surface area contributed by atoms with E-state index in [0.717, 1.165) is 16.4 Å². The van der Waals surface area contributed by atoms with Gasteiger partial charge in [0.25, 0.3) is 5.69 Å². The molecule has 0 N–H and O–H groups in total. The summed E-state index contributed by atoms with van der Waals surface area (Å²) < 4.78 is 30.1. The number of sulfonamides is 1. The van der Waals surface area contributed by atoms with Crippen LogP contribution in [-0.2, 0) is 10.0 Å². The Morgan fingerprint density at radius 3 is 2.24 bits per heavy atom. The van der Waals surface area contributed by atoms with E-state index < -0.39 is 20.9 Å². The molecule has 2 rings (SSSR count). The Bertz CT molecular complexity index is 926. The van der Waals surface area contributed by atoms with Crippen LogP contribution >= 0.6 is 11.6 Å². The molecule has 0 unspecified atom stereocenters. The molecular weight excluding hydrogens is 372 g/mol. The summed E-state index contributed by atoms with van der Waals surface area (Å²) in [7, 11) is -0.808. The molecule has 132 valence electrons. The zero-order chi connectivity index (χ0) is 18.8. The van der Waals surface area contributed by atoms with Crippen LogP contribution in [0.4, 0.5) is 5.69 Å². The molecule has 2 aromatic carbocycles. The van der Waals surface area contributed by atoms with Gasteiger partial charge >= 0.3 is 5.97 Å². The van der Waals surface area contributed by atoms with Crippen molar-refractivity contribution in [2.75, 3.05) is 14.1 Å². The summed E-state index contributed by atoms with van der Waals surface area (Å²) in [5.41, 5.74) is -0.129. The number of nitro groups is 1. The summed E-state index contributed by atoms with van der Waals surface area (Å²) in [5, 5.41) is 10.6. The number of rotatable bonds is 5. The van der Waals surface area contributed by atoms with Crippen molar-refractivity contribution in [2.45, 2.75) is 4.90 Å². The van der Waals surface area contributed by atoms with E-state index in [9.17, 15) is 23.3 Å². The standard InChI is InChI=1S/C15H13ClN2O6S/c1-17(2)25(22,23)12-6-3-10(4-7-12)15(19)24-14-8-5-11(18(20)21)9-13(14)16/h3-9H,1-2H3. The van der Waals surface area contributed by atoms with Gasteiger partial charge in [0.1, 0.15) is 5.75 Å². The number of hydrogen-bond acceptors (Lipinski definition) is 6. The smallest absolute Gasteiger partial charge is 0.343 e. The van der Waals surface area contributed by atoms with E-state index in [1.807, 2.05) is 0 Å². The number of carbonyl (C=O) groups is 1. The maximum absolute atomic E-state index is 12.1. The molecule has 8 nitrogen and oxygen atoms in total. The van der Waals surface area contributed by atoms with Crippen molar-refractivity contribution < 1.29 is 22.9 Å². The van der Waals surface area contributed by atoms with E-state index in [4.69, 9.17) is 16.3 Å². The van der Waals surface area contributed by atoms with E-state index in [0.29, 0.717) is 0 Å². The highest BCUT2D eigenvalue weighted by molar-refractivity contribution is 7.89. The lowest BCUT2D eigenvalue weighted by atomic mass is 10.2. The summed E-state index contributed by atoms with van der Waals surface area (Å²) in [6.45, 7) is 0. The highest BCUT2D eigenvalue weighted by Gasteiger charge is 2.19. The molecule has 10 heteroatoms. The topological polar surface area (TPSA) is 107 Å². The number of hydrogen-bond donors (Lipinski definition) is 0. The molecule has 0 radical (unpaired) electrons. The number of carbonyl (C=O) groups excluding carboxylic acids is 1. The maximum atomic E-state index is 12.1. The Balaban J connectivity index is 2.21. The van der Waals surface area contributed by atoms with Gasteiger partial charge in [0.2, 0.25) is 10.0 Å². The fourth-order valence-electron chi connectivity index (χ4n) is 1.82. The minimum Gasteiger partial charge on any atom is -0.421 e. The van der Waals surface area contributed by atoms with Gasteiger partial charge in [0, 0.05) is 26.2 Å². The van der Waals surface area contributed by atoms with Crippen molar-refractivity contribution in [3.8, 4) is 5.75 Å². The SMILES string of the molecule is CN(C)S(=O)(=O)c1ccc(C(=O)Oc2ccc([N+](=O)[O-])cc2Cl)cc1. The number of benzene rings is 2. The quantitative estimate of drug-likeness (QED) is 0.339. The van der Waals surface area contributed by atoms with Gasteiger partial charge in [-0.15, -0.1) is 0 Å². The highest BCUT2D eigenvalue weighted by atomic mass is 35.5. The largest absolute Gasteiger partial charge is 0.421 e. The lowest BCUT2D eigenvalue weighted by Crippen LogP contribution is -2.22. The van der Waals surface area contributed by atoms with Crippen molar-refractivity contribution in [1.82, 2.24) is 4.31 Å². The van der Waals surface area contributed by atoms with Crippen LogP contribution in [0.3, 0.4) is 0 Å². The Hall–Kier alpha value is -2.49. The van der Waals surface area contributed by atoms with Crippen LogP contribution in [0.25, 0.3) is 0 Å². The van der Waals surface area contributed by atoms with E-state index in [1.165, 1.54) is 44.4 Å². The molecule has 0 heterocycles. The summed E-state index contributed by atoms with van der Waals surface area (Å²) in [5.74, 6) is -0.813. The van der Waals surface area contributed by atoms with E-state index in [2.05, 4.69) is 0 Å². The van der Waals surface area contributed by atoms with Gasteiger partial charge in [0.15, 0.2) is 0 Å². The number of ether oxygens (including phenoxy) is 1. The van der Waals surface area contributed by atoms with Gasteiger partial charge in [0.05, 0.1) is 20.4 Å². The molecular formula is C15H13ClN2O6S. The lowest BCUT2D eigenvalue weighted by molar-refractivity contribution is -0.384. The van der Waals surface area contributed by atoms with Crippen LogP contribution in [0.1, 0.15) is 10.4 Å². The van der Waals surface area contributed by atoms with Crippen molar-refractivity contribution in [2.24, 2.45) is 0 Å². The van der Waals surface area contributed by atoms with Crippen LogP contribution in [0.2, 0.25) is 5.02 Å². The molecule has 2 aromatic rings. The number of halogens is 1. The van der Waals surface area contributed by atoms with Crippen molar-refractivity contribution in [3.63, 3.8) is 0 Å². The first-order chi connectivity index (χ1) is 11.6. The minimum absolute atomic E-state index is 0.0300. The average Bonchev–Trinajstić information content (AvgIpc) is 2.56. The molecule has 0 atom stereocenters. The van der Waals surface area contributed by atoms with E-state index in [-0.39, 0.29) is 26.9 Å². The molecule has 0 bridgehead atoms. The molecule has 25 heavy (non-hydrogen) atoms. The second-order valence-electron chi connectivity index (χ2n) is 5.07. The van der Waals surface area contributed by atoms with Crippen LogP contribution in [0.15, 0.2) is 47.4 Å². The molecule has 0 aromatic heterocycles. The third kappa shape index (κ3) is 4.13. The number of nitro benzene ring substituents is 1. The fraction of sp³-hybridized carbons (Fsp3) is 0.133. The lowest BCUT2D eigenvalue weighted by Gasteiger charge is -2.11. The van der Waals surface area contributed by atoms with Gasteiger partial charge in [-0.3, -0.25) is 10.1 Å². The molecule has 0 aliphatic carbocycles. The Labute approximate surface area is 148 Å². The summed E-state index contributed by atoms with van der Waals surface area (Å²) >= 11 is 5.86. The second-order valence-corrected chi connectivity index (χ2v) is 7.63. The van der Waals surface area contributed by atoms with Crippen molar-refractivity contribution in [3.05, 3.63) is 63.2 Å². The minimum atomic E-state index is -3.60. The highest BCUT2D eigenvalue weighted by Crippen LogP contribution is 2.29. The first-order valence-electron chi connectivity index (χ1n) is 6.81. The van der Waals surface area contributed by atoms with Crippen molar-refractivity contribution in [1.29, 1.82) is 0 Å². The fourth-order valence-corrected chi connectivity index (χ4v) is 2.93. The average molecular weight is 385 g/mol. The molecule has 0 amide bonds. The van der Waals surface area contributed by atoms with Gasteiger partial charge < -0.3 is 4.74 Å². The molecule has 0 aliphatic rings. The number of nitrogens with zero attached hydrogens (tertiary/aromatic N) is 2. The second kappa shape index (κ2) is 7.18. The third-order valence-electron chi connectivity index (χ3n) is 3.20. The zero-order valence-corrected chi connectivity index (χ0v) is 14.7. The van der Waals surface area contributed by atoms with Gasteiger partial charge in [-0.05, 0) is 30.3 Å². The van der Waals surface area contributed by atoms with Crippen LogP contribution in [0, 0.1) is 10.1 Å². The summed E-state index contributed by atoms with van der Waals surface area (Å²) in [6, 6.07) is 8.60. The Morgan fingerprint density at radius 2 is 1.76 bits per heavy atom. The first kappa shape index (κ1) is 18.8. The number of esters is 1. The molecule has 0 aliphatic heterocycles. The normalized spacial score (nSPS) is 11.4. The summed E-state index contributed by atoms with van der Waals surface area (Å²) in [6.07, 6.45) is 0. The maximum Gasteiger partial charge on any atom is 0.343 e. The third-order valence-corrected chi connectivity index (χ3v) is 5.32. The van der Waals surface area contributed by atoms with Crippen molar-refractivity contribution >= 4 is 33.3 Å². The molecule has 0 fully saturated rings. The zero-order valence-electron chi connectivity index (χ0n) is 13.2. The van der Waals surface area contributed by atoms with E-state index in [1.54, 1.807) is 0 Å². The predicted molar refractivity (Wildman–Crippen MR) is 90.4 cm³/mol. The monoisotopic (exact) mass is 384 g/mol. The van der Waals surface area contributed by atoms with Gasteiger partial charge in [-0.25, -0.2) is 17.5 Å². The van der Waals surface area contributed by atoms with Crippen LogP contribution < -0.4 is 4.74 Å². The predicted octanol–water partition coefficient (Wildman–Crippen LogP) is 2.72. The van der Waals surface area contributed by atoms with Crippen LogP contribution in [0.5, 0.6) is 5.75 Å². The van der Waals surface area contributed by atoms with Gasteiger partial charge in [-0.2, -0.15) is 0 Å². The molecule has 0 saturated heterocycles. The van der Waals surface area contributed by atoms with Crippen LogP contribution in [-0.4, -0.2) is 37.7 Å². The molecule has 0 saturated carbocycles. The number of non-ortho nitro benzene ring substituents is 1. The Kier molecular flexibility index (Phi) is 5.41. The van der Waals surface area contributed by atoms with Gasteiger partial charge in [-0.1, -0.05) is 11.6 Å².